The molecule has 0 radical (unpaired) electrons. The average molecular weight is 568 g/mol. The van der Waals surface area contributed by atoms with Crippen LogP contribution in [0.25, 0.3) is 28.3 Å². The molecule has 12 heteroatoms. The number of hydrogen-bond donors (Lipinski definition) is 1. The molecule has 0 spiro atoms. The Labute approximate surface area is 208 Å². The summed E-state index contributed by atoms with van der Waals surface area (Å²) in [4.78, 5) is 16.5. The number of carbonyl (C=O) groups excluding carboxylic acids is 1. The van der Waals surface area contributed by atoms with Crippen LogP contribution in [-0.2, 0) is 6.54 Å². The van der Waals surface area contributed by atoms with Crippen LogP contribution in [0.5, 0.6) is 5.75 Å². The Morgan fingerprint density at radius 3 is 2.66 bits per heavy atom. The molecule has 0 saturated carbocycles. The van der Waals surface area contributed by atoms with Crippen molar-refractivity contribution in [3.05, 3.63) is 81.2 Å². The summed E-state index contributed by atoms with van der Waals surface area (Å²) in [6, 6.07) is 11.1. The van der Waals surface area contributed by atoms with Gasteiger partial charge in [-0.15, -0.1) is 13.2 Å². The van der Waals surface area contributed by atoms with E-state index in [-0.39, 0.29) is 17.5 Å². The van der Waals surface area contributed by atoms with Crippen LogP contribution >= 0.6 is 27.5 Å². The highest BCUT2D eigenvalue weighted by Crippen LogP contribution is 2.36. The summed E-state index contributed by atoms with van der Waals surface area (Å²) in [6.45, 7) is 0.252. The van der Waals surface area contributed by atoms with Crippen LogP contribution in [0.15, 0.2) is 59.2 Å². The first kappa shape index (κ1) is 23.3. The Bertz CT molecular complexity index is 1490. The normalized spacial score (nSPS) is 13.0. The zero-order valence-electron chi connectivity index (χ0n) is 17.3. The smallest absolute Gasteiger partial charge is 0.406 e. The monoisotopic (exact) mass is 566 g/mol. The molecular formula is C23H12BrClF4N4O2. The number of halogens is 6. The number of carbonyl (C=O) groups is 1. The molecule has 6 nitrogen and oxygen atoms in total. The molecule has 3 heterocycles. The molecule has 4 aromatic rings. The molecule has 2 aromatic heterocycles. The molecule has 0 unspecified atom stereocenters. The van der Waals surface area contributed by atoms with Crippen molar-refractivity contribution in [2.75, 3.05) is 0 Å². The van der Waals surface area contributed by atoms with E-state index >= 15 is 0 Å². The first-order chi connectivity index (χ1) is 16.6. The van der Waals surface area contributed by atoms with Gasteiger partial charge in [0.05, 0.1) is 22.1 Å². The van der Waals surface area contributed by atoms with Crippen molar-refractivity contribution in [3.8, 4) is 34.1 Å². The number of alkyl halides is 3. The van der Waals surface area contributed by atoms with Crippen LogP contribution in [0.4, 0.5) is 17.6 Å². The lowest BCUT2D eigenvalue weighted by Crippen LogP contribution is -2.17. The van der Waals surface area contributed by atoms with E-state index in [1.807, 2.05) is 0 Å². The molecule has 35 heavy (non-hydrogen) atoms. The second-order valence-corrected chi connectivity index (χ2v) is 8.84. The minimum absolute atomic E-state index is 0.158. The van der Waals surface area contributed by atoms with Gasteiger partial charge in [0.1, 0.15) is 17.3 Å². The summed E-state index contributed by atoms with van der Waals surface area (Å²) >= 11 is 9.19. The number of aromatic nitrogens is 3. The number of benzene rings is 2. The SMILES string of the molecule is O=C1NCc2c1ccnc2-c1cc(-c2cc(Br)cc(OC(F)(F)F)c2)n(-c2ccc(F)c(Cl)c2)n1. The Balaban J connectivity index is 1.71. The average Bonchev–Trinajstić information content (AvgIpc) is 3.38. The van der Waals surface area contributed by atoms with Gasteiger partial charge in [0.2, 0.25) is 0 Å². The Kier molecular flexibility index (Phi) is 5.76. The molecule has 1 aliphatic heterocycles. The third-order valence-electron chi connectivity index (χ3n) is 5.23. The van der Waals surface area contributed by atoms with Gasteiger partial charge in [0.15, 0.2) is 0 Å². The quantitative estimate of drug-likeness (QED) is 0.294. The van der Waals surface area contributed by atoms with E-state index in [1.54, 1.807) is 18.2 Å². The van der Waals surface area contributed by atoms with Crippen LogP contribution < -0.4 is 10.1 Å². The van der Waals surface area contributed by atoms with Gasteiger partial charge in [0.25, 0.3) is 5.91 Å². The first-order valence-corrected chi connectivity index (χ1v) is 11.1. The minimum atomic E-state index is -4.89. The zero-order valence-corrected chi connectivity index (χ0v) is 19.7. The molecule has 0 saturated heterocycles. The third kappa shape index (κ3) is 4.61. The highest BCUT2D eigenvalue weighted by Gasteiger charge is 2.31. The van der Waals surface area contributed by atoms with Gasteiger partial charge >= 0.3 is 6.36 Å². The summed E-state index contributed by atoms with van der Waals surface area (Å²) in [5, 5.41) is 7.16. The van der Waals surface area contributed by atoms with Crippen LogP contribution in [0, 0.1) is 5.82 Å². The number of pyridine rings is 1. The zero-order chi connectivity index (χ0) is 24.9. The standard InChI is InChI=1S/C23H12BrClF4N4O2/c24-12-5-11(6-14(7-12)35-23(27,28)29)20-9-19(21-16-10-31-22(34)15(16)3-4-30-21)32-33(20)13-1-2-18(26)17(25)8-13/h1-9H,10H2,(H,31,34). The lowest BCUT2D eigenvalue weighted by molar-refractivity contribution is -0.274. The van der Waals surface area contributed by atoms with Gasteiger partial charge in [-0.3, -0.25) is 9.78 Å². The van der Waals surface area contributed by atoms with Crippen molar-refractivity contribution >= 4 is 33.4 Å². The summed E-state index contributed by atoms with van der Waals surface area (Å²) in [5.41, 5.74) is 2.91. The van der Waals surface area contributed by atoms with Crippen LogP contribution in [0.1, 0.15) is 15.9 Å². The van der Waals surface area contributed by atoms with E-state index in [1.165, 1.54) is 35.1 Å². The predicted molar refractivity (Wildman–Crippen MR) is 123 cm³/mol. The van der Waals surface area contributed by atoms with Crippen molar-refractivity contribution in [2.24, 2.45) is 0 Å². The fraction of sp³-hybridized carbons (Fsp3) is 0.0870. The van der Waals surface area contributed by atoms with Gasteiger partial charge in [-0.2, -0.15) is 5.10 Å². The molecule has 0 aliphatic carbocycles. The number of nitrogens with one attached hydrogen (secondary N) is 1. The second kappa shape index (κ2) is 8.65. The van der Waals surface area contributed by atoms with Crippen molar-refractivity contribution in [1.82, 2.24) is 20.1 Å². The van der Waals surface area contributed by atoms with Crippen LogP contribution in [0.3, 0.4) is 0 Å². The summed E-state index contributed by atoms with van der Waals surface area (Å²) in [7, 11) is 0. The molecular weight excluding hydrogens is 556 g/mol. The number of ether oxygens (including phenoxy) is 1. The van der Waals surface area contributed by atoms with Gasteiger partial charge < -0.3 is 10.1 Å². The lowest BCUT2D eigenvalue weighted by atomic mass is 10.1. The number of hydrogen-bond acceptors (Lipinski definition) is 4. The summed E-state index contributed by atoms with van der Waals surface area (Å²) in [5.74, 6) is -1.32. The molecule has 1 N–H and O–H groups in total. The third-order valence-corrected chi connectivity index (χ3v) is 5.97. The van der Waals surface area contributed by atoms with E-state index in [9.17, 15) is 22.4 Å². The molecule has 5 rings (SSSR count). The molecule has 1 aliphatic rings. The van der Waals surface area contributed by atoms with Crippen molar-refractivity contribution < 1.29 is 27.1 Å². The van der Waals surface area contributed by atoms with Gasteiger partial charge in [0, 0.05) is 33.9 Å². The van der Waals surface area contributed by atoms with Gasteiger partial charge in [-0.05, 0) is 48.5 Å². The van der Waals surface area contributed by atoms with Gasteiger partial charge in [-0.1, -0.05) is 27.5 Å². The Morgan fingerprint density at radius 1 is 1.11 bits per heavy atom. The Morgan fingerprint density at radius 2 is 1.91 bits per heavy atom. The topological polar surface area (TPSA) is 69.0 Å². The van der Waals surface area contributed by atoms with Crippen molar-refractivity contribution in [2.45, 2.75) is 12.9 Å². The molecule has 0 fully saturated rings. The summed E-state index contributed by atoms with van der Waals surface area (Å²) in [6.07, 6.45) is -3.41. The number of amides is 1. The fourth-order valence-corrected chi connectivity index (χ4v) is 4.43. The van der Waals surface area contributed by atoms with E-state index in [0.29, 0.717) is 43.9 Å². The highest BCUT2D eigenvalue weighted by molar-refractivity contribution is 9.10. The fourth-order valence-electron chi connectivity index (χ4n) is 3.79. The predicted octanol–water partition coefficient (Wildman–Crippen LogP) is 6.30. The molecule has 178 valence electrons. The Hall–Kier alpha value is -3.44. The van der Waals surface area contributed by atoms with Gasteiger partial charge in [-0.25, -0.2) is 9.07 Å². The van der Waals surface area contributed by atoms with Crippen molar-refractivity contribution in [1.29, 1.82) is 0 Å². The maximum Gasteiger partial charge on any atom is 0.573 e. The minimum Gasteiger partial charge on any atom is -0.406 e. The van der Waals surface area contributed by atoms with E-state index in [0.717, 1.165) is 6.07 Å². The van der Waals surface area contributed by atoms with Crippen LogP contribution in [-0.4, -0.2) is 27.0 Å². The second-order valence-electron chi connectivity index (χ2n) is 7.52. The maximum atomic E-state index is 13.8. The van der Waals surface area contributed by atoms with E-state index in [2.05, 4.69) is 36.1 Å². The number of nitrogens with zero attached hydrogens (tertiary/aromatic N) is 3. The van der Waals surface area contributed by atoms with E-state index in [4.69, 9.17) is 11.6 Å². The molecule has 1 amide bonds. The molecule has 0 atom stereocenters. The molecule has 0 bridgehead atoms. The maximum absolute atomic E-state index is 13.8. The lowest BCUT2D eigenvalue weighted by Gasteiger charge is -2.12. The number of fused-ring (bicyclic) bond motifs is 1. The summed E-state index contributed by atoms with van der Waals surface area (Å²) < 4.78 is 58.3. The van der Waals surface area contributed by atoms with Crippen molar-refractivity contribution in [3.63, 3.8) is 0 Å². The first-order valence-electron chi connectivity index (χ1n) is 9.98. The molecule has 2 aromatic carbocycles. The largest absolute Gasteiger partial charge is 0.573 e. The highest BCUT2D eigenvalue weighted by atomic mass is 79.9. The van der Waals surface area contributed by atoms with E-state index < -0.39 is 17.9 Å². The van der Waals surface area contributed by atoms with Crippen LogP contribution in [0.2, 0.25) is 5.02 Å². The number of rotatable bonds is 4.